The molecule has 0 aromatic carbocycles. The highest BCUT2D eigenvalue weighted by Gasteiger charge is 2.44. The lowest BCUT2D eigenvalue weighted by Crippen LogP contribution is -2.32. The summed E-state index contributed by atoms with van der Waals surface area (Å²) >= 11 is 0. The maximum Gasteiger partial charge on any atom is 0.414 e. The van der Waals surface area contributed by atoms with Crippen molar-refractivity contribution in [3.8, 4) is 0 Å². The first-order valence-corrected chi connectivity index (χ1v) is 5.73. The van der Waals surface area contributed by atoms with Gasteiger partial charge in [-0.2, -0.15) is 0 Å². The molecule has 0 saturated carbocycles. The number of fused-ring (bicyclic) bond motifs is 1. The molecular weight excluding hydrogens is 206 g/mol. The van der Waals surface area contributed by atoms with Gasteiger partial charge in [0.25, 0.3) is 0 Å². The molecule has 1 amide bonds. The largest absolute Gasteiger partial charge is 0.449 e. The zero-order valence-electron chi connectivity index (χ0n) is 9.78. The number of likely N-dealkylation sites (tertiary alicyclic amines) is 1. The van der Waals surface area contributed by atoms with Crippen molar-refractivity contribution < 1.29 is 14.3 Å². The minimum atomic E-state index is -0.285. The number of carbonyl (C=O) groups excluding carboxylic acids is 2. The first-order chi connectivity index (χ1) is 7.57. The number of ketones is 1. The number of rotatable bonds is 1. The van der Waals surface area contributed by atoms with Crippen LogP contribution in [0.2, 0.25) is 0 Å². The molecule has 2 aliphatic rings. The van der Waals surface area contributed by atoms with Crippen LogP contribution in [0.5, 0.6) is 0 Å². The third-order valence-corrected chi connectivity index (χ3v) is 3.39. The van der Waals surface area contributed by atoms with E-state index >= 15 is 0 Å². The van der Waals surface area contributed by atoms with Crippen molar-refractivity contribution >= 4 is 11.9 Å². The van der Waals surface area contributed by atoms with Crippen LogP contribution >= 0.6 is 0 Å². The van der Waals surface area contributed by atoms with Gasteiger partial charge >= 0.3 is 6.09 Å². The van der Waals surface area contributed by atoms with Gasteiger partial charge in [-0.15, -0.1) is 0 Å². The predicted molar refractivity (Wildman–Crippen MR) is 58.8 cm³/mol. The lowest BCUT2D eigenvalue weighted by molar-refractivity contribution is -0.120. The lowest BCUT2D eigenvalue weighted by Gasteiger charge is -2.30. The van der Waals surface area contributed by atoms with Crippen molar-refractivity contribution in [2.75, 3.05) is 13.2 Å². The van der Waals surface area contributed by atoms with Gasteiger partial charge in [0.2, 0.25) is 0 Å². The summed E-state index contributed by atoms with van der Waals surface area (Å²) in [5.41, 5.74) is 0.827. The quantitative estimate of drug-likeness (QED) is 0.684. The molecule has 0 bridgehead atoms. The minimum absolute atomic E-state index is 0.151. The van der Waals surface area contributed by atoms with Crippen LogP contribution in [0.4, 0.5) is 4.79 Å². The molecule has 0 radical (unpaired) electrons. The molecule has 1 aliphatic carbocycles. The molecule has 1 unspecified atom stereocenters. The molecular formula is C12H17NO3. The van der Waals surface area contributed by atoms with Crippen molar-refractivity contribution in [1.82, 2.24) is 4.90 Å². The zero-order chi connectivity index (χ0) is 11.8. The normalized spacial score (nSPS) is 28.8. The van der Waals surface area contributed by atoms with Gasteiger partial charge in [-0.25, -0.2) is 4.79 Å². The number of amides is 1. The fourth-order valence-electron chi connectivity index (χ4n) is 2.58. The Morgan fingerprint density at radius 2 is 2.38 bits per heavy atom. The van der Waals surface area contributed by atoms with E-state index in [0.717, 1.165) is 12.1 Å². The van der Waals surface area contributed by atoms with Crippen molar-refractivity contribution in [2.24, 2.45) is 5.41 Å². The van der Waals surface area contributed by atoms with Gasteiger partial charge in [0.05, 0.1) is 6.61 Å². The summed E-state index contributed by atoms with van der Waals surface area (Å²) in [6, 6.07) is 0. The third kappa shape index (κ3) is 1.72. The Balaban J connectivity index is 2.21. The first-order valence-electron chi connectivity index (χ1n) is 5.73. The van der Waals surface area contributed by atoms with Crippen LogP contribution < -0.4 is 0 Å². The van der Waals surface area contributed by atoms with Crippen LogP contribution in [0.3, 0.4) is 0 Å². The van der Waals surface area contributed by atoms with E-state index in [4.69, 9.17) is 4.74 Å². The van der Waals surface area contributed by atoms with E-state index in [1.165, 1.54) is 0 Å². The summed E-state index contributed by atoms with van der Waals surface area (Å²) in [4.78, 5) is 24.8. The topological polar surface area (TPSA) is 46.6 Å². The van der Waals surface area contributed by atoms with E-state index in [1.807, 2.05) is 6.08 Å². The van der Waals surface area contributed by atoms with Crippen LogP contribution in [0.1, 0.15) is 33.1 Å². The molecule has 1 saturated heterocycles. The third-order valence-electron chi connectivity index (χ3n) is 3.39. The fourth-order valence-corrected chi connectivity index (χ4v) is 2.58. The number of carbonyl (C=O) groups is 2. The highest BCUT2D eigenvalue weighted by molar-refractivity contribution is 5.84. The molecule has 0 aromatic rings. The Morgan fingerprint density at radius 3 is 3.06 bits per heavy atom. The molecule has 0 aromatic heterocycles. The molecule has 16 heavy (non-hydrogen) atoms. The maximum absolute atomic E-state index is 11.7. The van der Waals surface area contributed by atoms with Gasteiger partial charge in [-0.1, -0.05) is 13.0 Å². The summed E-state index contributed by atoms with van der Waals surface area (Å²) in [5.74, 6) is 0.261. The molecule has 1 aliphatic heterocycles. The van der Waals surface area contributed by atoms with Crippen molar-refractivity contribution in [1.29, 1.82) is 0 Å². The molecule has 88 valence electrons. The van der Waals surface area contributed by atoms with Crippen molar-refractivity contribution in [2.45, 2.75) is 33.1 Å². The average Bonchev–Trinajstić information content (AvgIpc) is 2.54. The van der Waals surface area contributed by atoms with Gasteiger partial charge in [-0.05, 0) is 13.3 Å². The summed E-state index contributed by atoms with van der Waals surface area (Å²) < 4.78 is 5.01. The first kappa shape index (κ1) is 11.2. The number of Topliss-reactive ketones (excluding diaryl/α,β-unsaturated/α-hetero) is 1. The van der Waals surface area contributed by atoms with Crippen molar-refractivity contribution in [3.63, 3.8) is 0 Å². The standard InChI is InChI=1S/C12H17NO3/c1-3-16-11(15)13-7-6-12(2)8-9(14)4-5-10(12)13/h5H,3-4,6-8H2,1-2H3. The van der Waals surface area contributed by atoms with Gasteiger partial charge in [0.1, 0.15) is 5.78 Å². The van der Waals surface area contributed by atoms with E-state index in [1.54, 1.807) is 11.8 Å². The Kier molecular flexibility index (Phi) is 2.74. The fraction of sp³-hybridized carbons (Fsp3) is 0.667. The van der Waals surface area contributed by atoms with Gasteiger partial charge in [-0.3, -0.25) is 9.69 Å². The Hall–Kier alpha value is -1.32. The molecule has 2 rings (SSSR count). The molecule has 1 atom stereocenters. The van der Waals surface area contributed by atoms with Crippen LogP contribution in [0, 0.1) is 5.41 Å². The Bertz CT molecular complexity index is 361. The Labute approximate surface area is 95.2 Å². The summed E-state index contributed by atoms with van der Waals surface area (Å²) in [5, 5.41) is 0. The van der Waals surface area contributed by atoms with Crippen LogP contribution in [-0.2, 0) is 9.53 Å². The molecule has 1 fully saturated rings. The summed E-state index contributed by atoms with van der Waals surface area (Å²) in [7, 11) is 0. The molecule has 0 spiro atoms. The maximum atomic E-state index is 11.7. The van der Waals surface area contributed by atoms with E-state index in [2.05, 4.69) is 6.92 Å². The Morgan fingerprint density at radius 1 is 1.62 bits per heavy atom. The molecule has 4 nitrogen and oxygen atoms in total. The van der Waals surface area contributed by atoms with Gasteiger partial charge < -0.3 is 4.74 Å². The van der Waals surface area contributed by atoms with Crippen LogP contribution in [0.15, 0.2) is 11.8 Å². The van der Waals surface area contributed by atoms with Crippen LogP contribution in [-0.4, -0.2) is 29.9 Å². The molecule has 4 heteroatoms. The number of allylic oxidation sites excluding steroid dienone is 2. The monoisotopic (exact) mass is 223 g/mol. The average molecular weight is 223 g/mol. The van der Waals surface area contributed by atoms with Crippen molar-refractivity contribution in [3.05, 3.63) is 11.8 Å². The predicted octanol–water partition coefficient (Wildman–Crippen LogP) is 2.10. The number of hydrogen-bond acceptors (Lipinski definition) is 3. The second-order valence-electron chi connectivity index (χ2n) is 4.67. The number of nitrogens with zero attached hydrogens (tertiary/aromatic N) is 1. The SMILES string of the molecule is CCOC(=O)N1CCC2(C)CC(=O)CC=C12. The second kappa shape index (κ2) is 3.92. The van der Waals surface area contributed by atoms with Gasteiger partial charge in [0.15, 0.2) is 0 Å². The summed E-state index contributed by atoms with van der Waals surface area (Å²) in [6.45, 7) is 4.90. The lowest BCUT2D eigenvalue weighted by atomic mass is 9.77. The molecule has 1 heterocycles. The number of hydrogen-bond donors (Lipinski definition) is 0. The highest BCUT2D eigenvalue weighted by Crippen LogP contribution is 2.45. The van der Waals surface area contributed by atoms with E-state index in [9.17, 15) is 9.59 Å². The van der Waals surface area contributed by atoms with E-state index in [0.29, 0.717) is 26.0 Å². The highest BCUT2D eigenvalue weighted by atomic mass is 16.6. The van der Waals surface area contributed by atoms with Crippen LogP contribution in [0.25, 0.3) is 0 Å². The van der Waals surface area contributed by atoms with E-state index < -0.39 is 0 Å². The smallest absolute Gasteiger partial charge is 0.414 e. The van der Waals surface area contributed by atoms with Gasteiger partial charge in [0, 0.05) is 30.5 Å². The number of ether oxygens (including phenoxy) is 1. The minimum Gasteiger partial charge on any atom is -0.449 e. The van der Waals surface area contributed by atoms with E-state index in [-0.39, 0.29) is 17.3 Å². The summed E-state index contributed by atoms with van der Waals surface area (Å²) in [6.07, 6.45) is 3.45. The molecule has 0 N–H and O–H groups in total. The second-order valence-corrected chi connectivity index (χ2v) is 4.67. The zero-order valence-corrected chi connectivity index (χ0v) is 9.78.